The van der Waals surface area contributed by atoms with E-state index >= 15 is 0 Å². The number of aromatic amines is 1. The van der Waals surface area contributed by atoms with E-state index in [1.165, 1.54) is 11.9 Å². The molecule has 2 aromatic carbocycles. The second-order valence-corrected chi connectivity index (χ2v) is 10.7. The predicted molar refractivity (Wildman–Crippen MR) is 157 cm³/mol. The van der Waals surface area contributed by atoms with Gasteiger partial charge in [-0.05, 0) is 41.8 Å². The fourth-order valence-corrected chi connectivity index (χ4v) is 5.34. The SMILES string of the molecule is CC(=O)N1CC[C@H](NC[C@@H](Cc2nc[nH]c(=O)c2O)c2ccc(C#Cc3ccc(CN4CCOCC4)cc3)cc2)C1. The van der Waals surface area contributed by atoms with Gasteiger partial charge in [-0.1, -0.05) is 36.1 Å². The summed E-state index contributed by atoms with van der Waals surface area (Å²) in [5, 5.41) is 13.9. The molecule has 214 valence electrons. The van der Waals surface area contributed by atoms with Gasteiger partial charge in [-0.2, -0.15) is 0 Å². The number of nitrogens with one attached hydrogen (secondary N) is 2. The average molecular weight is 556 g/mol. The van der Waals surface area contributed by atoms with E-state index in [1.54, 1.807) is 6.92 Å². The molecular formula is C32H37N5O4. The average Bonchev–Trinajstić information content (AvgIpc) is 3.48. The minimum atomic E-state index is -0.547. The first-order valence-corrected chi connectivity index (χ1v) is 14.2. The number of morpholine rings is 1. The molecule has 2 aliphatic rings. The monoisotopic (exact) mass is 555 g/mol. The third kappa shape index (κ3) is 7.82. The third-order valence-corrected chi connectivity index (χ3v) is 7.83. The molecule has 0 bridgehead atoms. The van der Waals surface area contributed by atoms with Crippen molar-refractivity contribution in [3.8, 4) is 17.6 Å². The summed E-state index contributed by atoms with van der Waals surface area (Å²) in [6.07, 6.45) is 2.61. The van der Waals surface area contributed by atoms with Gasteiger partial charge in [0.05, 0.1) is 25.2 Å². The smallest absolute Gasteiger partial charge is 0.293 e. The maximum absolute atomic E-state index is 11.9. The molecule has 0 aliphatic carbocycles. The zero-order valence-corrected chi connectivity index (χ0v) is 23.4. The zero-order valence-electron chi connectivity index (χ0n) is 23.4. The number of nitrogens with zero attached hydrogens (tertiary/aromatic N) is 3. The van der Waals surface area contributed by atoms with Crippen LogP contribution in [-0.2, 0) is 22.5 Å². The van der Waals surface area contributed by atoms with Crippen molar-refractivity contribution in [2.24, 2.45) is 0 Å². The van der Waals surface area contributed by atoms with Crippen LogP contribution < -0.4 is 10.9 Å². The van der Waals surface area contributed by atoms with Crippen LogP contribution in [0, 0.1) is 11.8 Å². The molecule has 1 amide bonds. The molecule has 5 rings (SSSR count). The number of carbonyl (C=O) groups excluding carboxylic acids is 1. The maximum Gasteiger partial charge on any atom is 0.293 e. The van der Waals surface area contributed by atoms with Crippen LogP contribution in [0.3, 0.4) is 0 Å². The molecule has 2 aliphatic heterocycles. The quantitative estimate of drug-likeness (QED) is 0.366. The Labute approximate surface area is 240 Å². The van der Waals surface area contributed by atoms with Crippen molar-refractivity contribution in [3.63, 3.8) is 0 Å². The van der Waals surface area contributed by atoms with Crippen LogP contribution in [0.5, 0.6) is 5.75 Å². The lowest BCUT2D eigenvalue weighted by molar-refractivity contribution is -0.127. The Bertz CT molecular complexity index is 1440. The summed E-state index contributed by atoms with van der Waals surface area (Å²) >= 11 is 0. The first kappa shape index (κ1) is 28.6. The van der Waals surface area contributed by atoms with Crippen molar-refractivity contribution in [1.29, 1.82) is 0 Å². The second-order valence-electron chi connectivity index (χ2n) is 10.7. The summed E-state index contributed by atoms with van der Waals surface area (Å²) < 4.78 is 5.43. The topological polar surface area (TPSA) is 111 Å². The highest BCUT2D eigenvalue weighted by Crippen LogP contribution is 2.24. The minimum absolute atomic E-state index is 0.0393. The van der Waals surface area contributed by atoms with E-state index in [2.05, 4.69) is 56.3 Å². The molecule has 0 unspecified atom stereocenters. The Balaban J connectivity index is 1.25. The number of H-pyrrole nitrogens is 1. The summed E-state index contributed by atoms with van der Waals surface area (Å²) in [6, 6.07) is 16.7. The standard InChI is InChI=1S/C32H37N5O4/c1-23(38)37-13-12-29(21-37)33-19-28(18-30-31(39)32(40)35-22-34-30)27-10-8-25(9-11-27)3-2-24-4-6-26(7-5-24)20-36-14-16-41-17-15-36/h4-11,22,28-29,33,39H,12-21H2,1H3,(H,34,35,40)/t28-,29+/m1/s1. The maximum atomic E-state index is 11.9. The molecule has 3 aromatic rings. The van der Waals surface area contributed by atoms with Gasteiger partial charge in [-0.15, -0.1) is 0 Å². The lowest BCUT2D eigenvalue weighted by Gasteiger charge is -2.26. The predicted octanol–water partition coefficient (Wildman–Crippen LogP) is 2.24. The van der Waals surface area contributed by atoms with Gasteiger partial charge in [0, 0.05) is 75.7 Å². The highest BCUT2D eigenvalue weighted by Gasteiger charge is 2.25. The normalized spacial score (nSPS) is 18.1. The molecule has 2 fully saturated rings. The third-order valence-electron chi connectivity index (χ3n) is 7.83. The Morgan fingerprint density at radius 1 is 1.10 bits per heavy atom. The van der Waals surface area contributed by atoms with E-state index in [-0.39, 0.29) is 23.6 Å². The molecule has 0 saturated carbocycles. The van der Waals surface area contributed by atoms with Gasteiger partial charge in [-0.25, -0.2) is 4.98 Å². The Morgan fingerprint density at radius 3 is 2.44 bits per heavy atom. The van der Waals surface area contributed by atoms with Crippen molar-refractivity contribution in [3.05, 3.63) is 93.2 Å². The van der Waals surface area contributed by atoms with Gasteiger partial charge in [0.25, 0.3) is 5.56 Å². The van der Waals surface area contributed by atoms with Crippen LogP contribution >= 0.6 is 0 Å². The number of ether oxygens (including phenoxy) is 1. The van der Waals surface area contributed by atoms with Crippen LogP contribution in [0.25, 0.3) is 0 Å². The Hall–Kier alpha value is -3.97. The molecule has 1 aromatic heterocycles. The molecule has 0 radical (unpaired) electrons. The Morgan fingerprint density at radius 2 is 1.78 bits per heavy atom. The first-order valence-electron chi connectivity index (χ1n) is 14.2. The van der Waals surface area contributed by atoms with E-state index in [9.17, 15) is 14.7 Å². The summed E-state index contributed by atoms with van der Waals surface area (Å²) in [6.45, 7) is 8.09. The summed E-state index contributed by atoms with van der Waals surface area (Å²) in [7, 11) is 0. The van der Waals surface area contributed by atoms with Crippen molar-refractivity contribution in [1.82, 2.24) is 25.1 Å². The number of aromatic hydroxyl groups is 1. The number of likely N-dealkylation sites (tertiary alicyclic amines) is 1. The van der Waals surface area contributed by atoms with E-state index in [0.717, 1.165) is 62.5 Å². The van der Waals surface area contributed by atoms with Gasteiger partial charge in [-0.3, -0.25) is 14.5 Å². The lowest BCUT2D eigenvalue weighted by atomic mass is 9.92. The number of amides is 1. The lowest BCUT2D eigenvalue weighted by Crippen LogP contribution is -2.36. The molecule has 3 heterocycles. The second kappa shape index (κ2) is 13.6. The van der Waals surface area contributed by atoms with Crippen molar-refractivity contribution < 1.29 is 14.6 Å². The van der Waals surface area contributed by atoms with E-state index < -0.39 is 5.56 Å². The highest BCUT2D eigenvalue weighted by molar-refractivity contribution is 5.73. The molecule has 2 saturated heterocycles. The number of hydrogen-bond donors (Lipinski definition) is 3. The minimum Gasteiger partial charge on any atom is -0.502 e. The van der Waals surface area contributed by atoms with Gasteiger partial charge in [0.15, 0.2) is 0 Å². The number of aromatic nitrogens is 2. The molecule has 3 N–H and O–H groups in total. The molecule has 9 heteroatoms. The molecular weight excluding hydrogens is 518 g/mol. The van der Waals surface area contributed by atoms with Gasteiger partial charge in [0.2, 0.25) is 11.7 Å². The van der Waals surface area contributed by atoms with Crippen LogP contribution in [0.4, 0.5) is 0 Å². The molecule has 2 atom stereocenters. The van der Waals surface area contributed by atoms with E-state index in [1.807, 2.05) is 29.2 Å². The van der Waals surface area contributed by atoms with Crippen LogP contribution in [0.1, 0.15) is 47.2 Å². The van der Waals surface area contributed by atoms with Gasteiger partial charge >= 0.3 is 0 Å². The van der Waals surface area contributed by atoms with Crippen LogP contribution in [0.2, 0.25) is 0 Å². The number of hydrogen-bond acceptors (Lipinski definition) is 7. The van der Waals surface area contributed by atoms with Crippen molar-refractivity contribution in [2.75, 3.05) is 45.9 Å². The fraction of sp³-hybridized carbons (Fsp3) is 0.406. The van der Waals surface area contributed by atoms with E-state index in [0.29, 0.717) is 25.2 Å². The van der Waals surface area contributed by atoms with Crippen molar-refractivity contribution >= 4 is 5.91 Å². The first-order chi connectivity index (χ1) is 19.9. The number of carbonyl (C=O) groups is 1. The largest absolute Gasteiger partial charge is 0.502 e. The molecule has 41 heavy (non-hydrogen) atoms. The van der Waals surface area contributed by atoms with Crippen molar-refractivity contribution in [2.45, 2.75) is 38.3 Å². The molecule has 0 spiro atoms. The summed E-state index contributed by atoms with van der Waals surface area (Å²) in [5.74, 6) is 6.22. The Kier molecular flexibility index (Phi) is 9.47. The van der Waals surface area contributed by atoms with Gasteiger partial charge < -0.3 is 25.0 Å². The molecule has 9 nitrogen and oxygen atoms in total. The van der Waals surface area contributed by atoms with Crippen LogP contribution in [0.15, 0.2) is 59.7 Å². The highest BCUT2D eigenvalue weighted by atomic mass is 16.5. The van der Waals surface area contributed by atoms with Crippen LogP contribution in [-0.4, -0.2) is 82.8 Å². The fourth-order valence-electron chi connectivity index (χ4n) is 5.34. The zero-order chi connectivity index (χ0) is 28.6. The number of rotatable bonds is 8. The summed E-state index contributed by atoms with van der Waals surface area (Å²) in [4.78, 5) is 34.6. The number of benzene rings is 2. The summed E-state index contributed by atoms with van der Waals surface area (Å²) in [5.41, 5.74) is 4.01. The van der Waals surface area contributed by atoms with E-state index in [4.69, 9.17) is 4.74 Å². The van der Waals surface area contributed by atoms with Gasteiger partial charge in [0.1, 0.15) is 0 Å².